The van der Waals surface area contributed by atoms with Crippen LogP contribution in [0.4, 0.5) is 0 Å². The molecule has 0 saturated heterocycles. The standard InChI is InChI=1S/C26H24/c1-2-7-21(8-3-1)13-14-22-9-6-10-23(19-22)15-16-24-17-18-25-11-4-5-12-26(25)20-24/h1-12,17-20H,13-16H2. The monoisotopic (exact) mass is 336 g/mol. The summed E-state index contributed by atoms with van der Waals surface area (Å²) in [6.07, 6.45) is 4.40. The van der Waals surface area contributed by atoms with E-state index in [0.717, 1.165) is 25.7 Å². The summed E-state index contributed by atoms with van der Waals surface area (Å²) in [4.78, 5) is 0. The summed E-state index contributed by atoms with van der Waals surface area (Å²) in [6, 6.07) is 35.3. The van der Waals surface area contributed by atoms with Crippen LogP contribution in [0, 0.1) is 0 Å². The van der Waals surface area contributed by atoms with Crippen LogP contribution in [-0.2, 0) is 25.7 Å². The lowest BCUT2D eigenvalue weighted by atomic mass is 9.98. The van der Waals surface area contributed by atoms with E-state index in [2.05, 4.69) is 97.1 Å². The fraction of sp³-hybridized carbons (Fsp3) is 0.154. The van der Waals surface area contributed by atoms with E-state index < -0.39 is 0 Å². The van der Waals surface area contributed by atoms with E-state index >= 15 is 0 Å². The molecule has 4 rings (SSSR count). The molecule has 0 fully saturated rings. The second-order valence-electron chi connectivity index (χ2n) is 6.99. The van der Waals surface area contributed by atoms with Gasteiger partial charge in [0.1, 0.15) is 0 Å². The van der Waals surface area contributed by atoms with Crippen molar-refractivity contribution in [3.8, 4) is 0 Å². The maximum atomic E-state index is 2.38. The summed E-state index contributed by atoms with van der Waals surface area (Å²) in [5.74, 6) is 0. The third kappa shape index (κ3) is 4.21. The Morgan fingerprint density at radius 3 is 1.62 bits per heavy atom. The molecule has 128 valence electrons. The minimum absolute atomic E-state index is 1.09. The van der Waals surface area contributed by atoms with Gasteiger partial charge in [0, 0.05) is 0 Å². The van der Waals surface area contributed by atoms with Gasteiger partial charge >= 0.3 is 0 Å². The lowest BCUT2D eigenvalue weighted by Gasteiger charge is -2.07. The van der Waals surface area contributed by atoms with E-state index in [-0.39, 0.29) is 0 Å². The van der Waals surface area contributed by atoms with Crippen molar-refractivity contribution in [3.63, 3.8) is 0 Å². The molecule has 4 aromatic carbocycles. The number of hydrogen-bond donors (Lipinski definition) is 0. The van der Waals surface area contributed by atoms with Gasteiger partial charge in [-0.05, 0) is 58.7 Å². The molecule has 0 N–H and O–H groups in total. The highest BCUT2D eigenvalue weighted by Gasteiger charge is 2.01. The van der Waals surface area contributed by atoms with Gasteiger partial charge in [-0.25, -0.2) is 0 Å². The molecule has 26 heavy (non-hydrogen) atoms. The van der Waals surface area contributed by atoms with E-state index in [9.17, 15) is 0 Å². The first-order valence-electron chi connectivity index (χ1n) is 9.46. The van der Waals surface area contributed by atoms with Crippen molar-refractivity contribution in [1.29, 1.82) is 0 Å². The van der Waals surface area contributed by atoms with Gasteiger partial charge in [0.15, 0.2) is 0 Å². The zero-order valence-electron chi connectivity index (χ0n) is 15.1. The zero-order valence-corrected chi connectivity index (χ0v) is 15.1. The van der Waals surface area contributed by atoms with Gasteiger partial charge in [-0.2, -0.15) is 0 Å². The Labute approximate surface area is 156 Å². The van der Waals surface area contributed by atoms with Crippen molar-refractivity contribution in [2.75, 3.05) is 0 Å². The van der Waals surface area contributed by atoms with Crippen molar-refractivity contribution in [1.82, 2.24) is 0 Å². The molecular formula is C26H24. The predicted molar refractivity (Wildman–Crippen MR) is 112 cm³/mol. The first kappa shape index (κ1) is 16.6. The number of hydrogen-bond acceptors (Lipinski definition) is 0. The van der Waals surface area contributed by atoms with Gasteiger partial charge in [0.25, 0.3) is 0 Å². The summed E-state index contributed by atoms with van der Waals surface area (Å²) in [7, 11) is 0. The molecule has 0 saturated carbocycles. The van der Waals surface area contributed by atoms with Crippen LogP contribution in [0.2, 0.25) is 0 Å². The summed E-state index contributed by atoms with van der Waals surface area (Å²) in [5, 5.41) is 2.65. The van der Waals surface area contributed by atoms with Crippen LogP contribution in [0.25, 0.3) is 10.8 Å². The second-order valence-corrected chi connectivity index (χ2v) is 6.99. The molecule has 0 heteroatoms. The normalized spacial score (nSPS) is 10.9. The first-order valence-corrected chi connectivity index (χ1v) is 9.46. The second kappa shape index (κ2) is 8.01. The lowest BCUT2D eigenvalue weighted by Crippen LogP contribution is -1.95. The van der Waals surface area contributed by atoms with Crippen LogP contribution >= 0.6 is 0 Å². The molecule has 0 aliphatic heterocycles. The highest BCUT2D eigenvalue weighted by atomic mass is 14.1. The minimum atomic E-state index is 1.09. The molecule has 0 aliphatic carbocycles. The van der Waals surface area contributed by atoms with Gasteiger partial charge in [-0.1, -0.05) is 97.1 Å². The Morgan fingerprint density at radius 2 is 0.885 bits per heavy atom. The maximum Gasteiger partial charge on any atom is -0.0181 e. The maximum absolute atomic E-state index is 2.38. The van der Waals surface area contributed by atoms with Crippen LogP contribution in [0.1, 0.15) is 22.3 Å². The van der Waals surface area contributed by atoms with Crippen LogP contribution in [0.15, 0.2) is 97.1 Å². The Balaban J connectivity index is 1.40. The van der Waals surface area contributed by atoms with E-state index in [1.807, 2.05) is 0 Å². The Kier molecular flexibility index (Phi) is 5.12. The lowest BCUT2D eigenvalue weighted by molar-refractivity contribution is 0.931. The summed E-state index contributed by atoms with van der Waals surface area (Å²) >= 11 is 0. The fourth-order valence-electron chi connectivity index (χ4n) is 3.56. The molecule has 0 radical (unpaired) electrons. The smallest absolute Gasteiger partial charge is 0.0181 e. The van der Waals surface area contributed by atoms with Crippen LogP contribution in [0.3, 0.4) is 0 Å². The molecule has 4 aromatic rings. The Hall–Kier alpha value is -2.86. The largest absolute Gasteiger partial charge is 0.0622 e. The van der Waals surface area contributed by atoms with Gasteiger partial charge < -0.3 is 0 Å². The SMILES string of the molecule is c1ccc(CCc2cccc(CCc3ccc4ccccc4c3)c2)cc1. The molecule has 0 amide bonds. The Bertz CT molecular complexity index is 983. The average Bonchev–Trinajstić information content (AvgIpc) is 2.72. The van der Waals surface area contributed by atoms with Crippen molar-refractivity contribution >= 4 is 10.8 Å². The summed E-state index contributed by atoms with van der Waals surface area (Å²) in [6.45, 7) is 0. The number of rotatable bonds is 6. The average molecular weight is 336 g/mol. The molecule has 0 aromatic heterocycles. The summed E-state index contributed by atoms with van der Waals surface area (Å²) < 4.78 is 0. The van der Waals surface area contributed by atoms with Gasteiger partial charge in [-0.3, -0.25) is 0 Å². The number of fused-ring (bicyclic) bond motifs is 1. The van der Waals surface area contributed by atoms with Crippen LogP contribution in [0.5, 0.6) is 0 Å². The van der Waals surface area contributed by atoms with Gasteiger partial charge in [0.05, 0.1) is 0 Å². The van der Waals surface area contributed by atoms with Crippen molar-refractivity contribution in [2.24, 2.45) is 0 Å². The van der Waals surface area contributed by atoms with Crippen molar-refractivity contribution < 1.29 is 0 Å². The highest BCUT2D eigenvalue weighted by molar-refractivity contribution is 5.82. The third-order valence-corrected chi connectivity index (χ3v) is 5.05. The zero-order chi connectivity index (χ0) is 17.6. The molecule has 0 spiro atoms. The Morgan fingerprint density at radius 1 is 0.346 bits per heavy atom. The molecule has 0 bridgehead atoms. The molecule has 0 aliphatic rings. The minimum Gasteiger partial charge on any atom is -0.0622 e. The molecule has 0 nitrogen and oxygen atoms in total. The van der Waals surface area contributed by atoms with E-state index in [0.29, 0.717) is 0 Å². The summed E-state index contributed by atoms with van der Waals surface area (Å²) in [5.41, 5.74) is 5.70. The first-order chi connectivity index (χ1) is 12.9. The molecule has 0 heterocycles. The number of benzene rings is 4. The van der Waals surface area contributed by atoms with Gasteiger partial charge in [-0.15, -0.1) is 0 Å². The number of aryl methyl sites for hydroxylation is 4. The molecule has 0 unspecified atom stereocenters. The highest BCUT2D eigenvalue weighted by Crippen LogP contribution is 2.18. The van der Waals surface area contributed by atoms with Crippen molar-refractivity contribution in [2.45, 2.75) is 25.7 Å². The topological polar surface area (TPSA) is 0 Å². The molecule has 0 atom stereocenters. The molecular weight excluding hydrogens is 312 g/mol. The van der Waals surface area contributed by atoms with Gasteiger partial charge in [0.2, 0.25) is 0 Å². The van der Waals surface area contributed by atoms with E-state index in [1.54, 1.807) is 0 Å². The van der Waals surface area contributed by atoms with Crippen LogP contribution in [-0.4, -0.2) is 0 Å². The predicted octanol–water partition coefficient (Wildman–Crippen LogP) is 6.41. The van der Waals surface area contributed by atoms with Crippen LogP contribution < -0.4 is 0 Å². The third-order valence-electron chi connectivity index (χ3n) is 5.05. The van der Waals surface area contributed by atoms with E-state index in [1.165, 1.54) is 33.0 Å². The quantitative estimate of drug-likeness (QED) is 0.381. The fourth-order valence-corrected chi connectivity index (χ4v) is 3.56. The van der Waals surface area contributed by atoms with Crippen molar-refractivity contribution in [3.05, 3.63) is 119 Å². The van der Waals surface area contributed by atoms with E-state index in [4.69, 9.17) is 0 Å².